The van der Waals surface area contributed by atoms with Gasteiger partial charge in [-0.15, -0.1) is 23.1 Å². The second-order valence-corrected chi connectivity index (χ2v) is 8.56. The van der Waals surface area contributed by atoms with E-state index in [0.717, 1.165) is 16.0 Å². The molecule has 5 heteroatoms. The molecule has 0 saturated heterocycles. The van der Waals surface area contributed by atoms with Gasteiger partial charge in [0.15, 0.2) is 0 Å². The fraction of sp³-hybridized carbons (Fsp3) is 0.263. The van der Waals surface area contributed by atoms with Crippen LogP contribution in [0.2, 0.25) is 0 Å². The Hall–Kier alpha value is -1.85. The predicted molar refractivity (Wildman–Crippen MR) is 101 cm³/mol. The predicted octanol–water partition coefficient (Wildman–Crippen LogP) is 4.48. The molecule has 2 amide bonds. The summed E-state index contributed by atoms with van der Waals surface area (Å²) in [6, 6.07) is 11.7. The number of carbonyl (C=O) groups is 2. The number of aryl methyl sites for hydroxylation is 1. The number of benzene rings is 1. The smallest absolute Gasteiger partial charge is 0.268 e. The lowest BCUT2D eigenvalue weighted by atomic mass is 10.1. The number of nitrogens with zero attached hydrogens (tertiary/aromatic N) is 1. The number of rotatable bonds is 5. The van der Waals surface area contributed by atoms with Crippen LogP contribution < -0.4 is 0 Å². The van der Waals surface area contributed by atoms with Gasteiger partial charge in [0.2, 0.25) is 0 Å². The molecule has 0 radical (unpaired) electrons. The molecule has 24 heavy (non-hydrogen) atoms. The van der Waals surface area contributed by atoms with Crippen molar-refractivity contribution in [2.75, 3.05) is 0 Å². The highest BCUT2D eigenvalue weighted by molar-refractivity contribution is 8.04. The summed E-state index contributed by atoms with van der Waals surface area (Å²) in [5.41, 5.74) is 2.68. The quantitative estimate of drug-likeness (QED) is 0.741. The first-order valence-electron chi connectivity index (χ1n) is 7.84. The third-order valence-electron chi connectivity index (χ3n) is 3.71. The third kappa shape index (κ3) is 3.32. The van der Waals surface area contributed by atoms with E-state index in [1.807, 2.05) is 62.5 Å². The highest BCUT2D eigenvalue weighted by atomic mass is 32.2. The summed E-state index contributed by atoms with van der Waals surface area (Å²) in [5.74, 6) is -0.367. The Balaban J connectivity index is 1.93. The summed E-state index contributed by atoms with van der Waals surface area (Å²) < 4.78 is 0. The van der Waals surface area contributed by atoms with Crippen molar-refractivity contribution in [2.24, 2.45) is 0 Å². The summed E-state index contributed by atoms with van der Waals surface area (Å²) >= 11 is 2.97. The number of carbonyl (C=O) groups excluding carboxylic acids is 2. The number of amides is 2. The molecule has 124 valence electrons. The fourth-order valence-electron chi connectivity index (χ4n) is 2.56. The van der Waals surface area contributed by atoms with Crippen molar-refractivity contribution >= 4 is 40.5 Å². The van der Waals surface area contributed by atoms with Crippen LogP contribution in [0.4, 0.5) is 0 Å². The second kappa shape index (κ2) is 6.95. The number of hydrogen-bond donors (Lipinski definition) is 0. The lowest BCUT2D eigenvalue weighted by Crippen LogP contribution is -2.30. The Labute approximate surface area is 150 Å². The first kappa shape index (κ1) is 17.0. The van der Waals surface area contributed by atoms with Crippen molar-refractivity contribution in [1.82, 2.24) is 4.90 Å². The van der Waals surface area contributed by atoms with Crippen molar-refractivity contribution in [3.63, 3.8) is 0 Å². The van der Waals surface area contributed by atoms with E-state index in [4.69, 9.17) is 0 Å². The molecule has 3 nitrogen and oxygen atoms in total. The summed E-state index contributed by atoms with van der Waals surface area (Å²) in [5, 5.41) is 2.17. The Kier molecular flexibility index (Phi) is 4.92. The molecule has 2 aromatic rings. The zero-order valence-electron chi connectivity index (χ0n) is 13.9. The van der Waals surface area contributed by atoms with Crippen molar-refractivity contribution in [3.05, 3.63) is 62.7 Å². The molecule has 0 saturated carbocycles. The molecule has 1 aromatic carbocycles. The summed E-state index contributed by atoms with van der Waals surface area (Å²) in [6.07, 6.45) is 0. The Morgan fingerprint density at radius 1 is 1.08 bits per heavy atom. The van der Waals surface area contributed by atoms with E-state index in [2.05, 4.69) is 0 Å². The molecular weight excluding hydrogens is 338 g/mol. The van der Waals surface area contributed by atoms with Crippen molar-refractivity contribution < 1.29 is 9.59 Å². The highest BCUT2D eigenvalue weighted by Crippen LogP contribution is 2.39. The maximum absolute atomic E-state index is 12.9. The van der Waals surface area contributed by atoms with Gasteiger partial charge in [-0.2, -0.15) is 0 Å². The lowest BCUT2D eigenvalue weighted by Gasteiger charge is -2.15. The fourth-order valence-corrected chi connectivity index (χ4v) is 4.39. The summed E-state index contributed by atoms with van der Waals surface area (Å²) in [7, 11) is 0. The van der Waals surface area contributed by atoms with Crippen molar-refractivity contribution in [2.45, 2.75) is 32.6 Å². The van der Waals surface area contributed by atoms with Crippen LogP contribution in [0.25, 0.3) is 5.57 Å². The first-order chi connectivity index (χ1) is 11.5. The maximum Gasteiger partial charge on any atom is 0.268 e. The van der Waals surface area contributed by atoms with Gasteiger partial charge in [-0.3, -0.25) is 14.5 Å². The van der Waals surface area contributed by atoms with E-state index in [1.165, 1.54) is 28.0 Å². The van der Waals surface area contributed by atoms with Crippen LogP contribution in [0.3, 0.4) is 0 Å². The van der Waals surface area contributed by atoms with Gasteiger partial charge >= 0.3 is 0 Å². The molecule has 1 aliphatic rings. The van der Waals surface area contributed by atoms with Crippen LogP contribution in [0.1, 0.15) is 29.9 Å². The molecule has 0 spiro atoms. The van der Waals surface area contributed by atoms with Crippen molar-refractivity contribution in [1.29, 1.82) is 0 Å². The average molecular weight is 358 g/mol. The van der Waals surface area contributed by atoms with E-state index >= 15 is 0 Å². The Morgan fingerprint density at radius 2 is 1.79 bits per heavy atom. The lowest BCUT2D eigenvalue weighted by molar-refractivity contribution is -0.137. The van der Waals surface area contributed by atoms with Crippen LogP contribution in [-0.4, -0.2) is 22.0 Å². The minimum absolute atomic E-state index is 0.178. The topological polar surface area (TPSA) is 37.4 Å². The van der Waals surface area contributed by atoms with Crippen LogP contribution in [0, 0.1) is 6.92 Å². The van der Waals surface area contributed by atoms with Crippen LogP contribution >= 0.6 is 23.1 Å². The van der Waals surface area contributed by atoms with Gasteiger partial charge in [-0.25, -0.2) is 0 Å². The van der Waals surface area contributed by atoms with Gasteiger partial charge in [0.25, 0.3) is 11.8 Å². The van der Waals surface area contributed by atoms with Crippen LogP contribution in [0.5, 0.6) is 0 Å². The molecule has 3 rings (SSSR count). The van der Waals surface area contributed by atoms with Gasteiger partial charge in [0.1, 0.15) is 0 Å². The largest absolute Gasteiger partial charge is 0.269 e. The SMILES string of the molecule is Cc1ccc(CN2C(=O)C(SC(C)C)=C(c3cccs3)C2=O)cc1. The molecule has 1 aliphatic heterocycles. The van der Waals surface area contributed by atoms with Gasteiger partial charge in [0.05, 0.1) is 17.0 Å². The van der Waals surface area contributed by atoms with E-state index in [9.17, 15) is 9.59 Å². The number of thiophene rings is 1. The first-order valence-corrected chi connectivity index (χ1v) is 9.60. The number of imide groups is 1. The Morgan fingerprint density at radius 3 is 2.38 bits per heavy atom. The van der Waals surface area contributed by atoms with Gasteiger partial charge in [-0.1, -0.05) is 49.7 Å². The molecule has 0 unspecified atom stereocenters. The number of thioether (sulfide) groups is 1. The van der Waals surface area contributed by atoms with E-state index < -0.39 is 0 Å². The van der Waals surface area contributed by atoms with Crippen molar-refractivity contribution in [3.8, 4) is 0 Å². The normalized spacial score (nSPS) is 15.1. The zero-order valence-corrected chi connectivity index (χ0v) is 15.5. The third-order valence-corrected chi connectivity index (χ3v) is 5.68. The van der Waals surface area contributed by atoms with E-state index in [0.29, 0.717) is 17.0 Å². The summed E-state index contributed by atoms with van der Waals surface area (Å²) in [4.78, 5) is 28.6. The molecule has 0 aliphatic carbocycles. The van der Waals surface area contributed by atoms with Gasteiger partial charge < -0.3 is 0 Å². The molecule has 0 fully saturated rings. The molecule has 2 heterocycles. The molecule has 0 atom stereocenters. The monoisotopic (exact) mass is 357 g/mol. The minimum Gasteiger partial charge on any atom is -0.269 e. The van der Waals surface area contributed by atoms with Gasteiger partial charge in [-0.05, 0) is 23.9 Å². The average Bonchev–Trinajstić information content (AvgIpc) is 3.12. The minimum atomic E-state index is -0.189. The van der Waals surface area contributed by atoms with E-state index in [1.54, 1.807) is 0 Å². The Bertz CT molecular complexity index is 789. The maximum atomic E-state index is 12.9. The molecule has 0 bridgehead atoms. The van der Waals surface area contributed by atoms with Crippen LogP contribution in [-0.2, 0) is 16.1 Å². The van der Waals surface area contributed by atoms with Crippen LogP contribution in [0.15, 0.2) is 46.7 Å². The zero-order chi connectivity index (χ0) is 17.3. The number of hydrogen-bond acceptors (Lipinski definition) is 4. The highest BCUT2D eigenvalue weighted by Gasteiger charge is 2.39. The molecule has 1 aromatic heterocycles. The molecular formula is C19H19NO2S2. The van der Waals surface area contributed by atoms with Gasteiger partial charge in [0, 0.05) is 10.1 Å². The van der Waals surface area contributed by atoms with E-state index in [-0.39, 0.29) is 17.1 Å². The molecule has 0 N–H and O–H groups in total. The second-order valence-electron chi connectivity index (χ2n) is 6.03. The standard InChI is InChI=1S/C19H19NO2S2/c1-12(2)24-17-16(15-5-4-10-23-15)18(21)20(19(17)22)11-14-8-6-13(3)7-9-14/h4-10,12H,11H2,1-3H3. The summed E-state index contributed by atoms with van der Waals surface area (Å²) in [6.45, 7) is 6.40.